The Bertz CT molecular complexity index is 1650. The summed E-state index contributed by atoms with van der Waals surface area (Å²) in [4.78, 5) is 40.5. The molecule has 0 unspecified atom stereocenters. The summed E-state index contributed by atoms with van der Waals surface area (Å²) >= 11 is 0. The zero-order chi connectivity index (χ0) is 27.4. The predicted molar refractivity (Wildman–Crippen MR) is 133 cm³/mol. The van der Waals surface area contributed by atoms with Crippen LogP contribution in [-0.2, 0) is 25.0 Å². The zero-order valence-electron chi connectivity index (χ0n) is 20.2. The van der Waals surface area contributed by atoms with Crippen molar-refractivity contribution in [2.75, 3.05) is 12.3 Å². The van der Waals surface area contributed by atoms with Gasteiger partial charge in [0.1, 0.15) is 35.5 Å². The molecule has 1 N–H and O–H groups in total. The van der Waals surface area contributed by atoms with E-state index < -0.39 is 57.4 Å². The fourth-order valence-electron chi connectivity index (χ4n) is 5.10. The lowest BCUT2D eigenvalue weighted by Crippen LogP contribution is -2.49. The summed E-state index contributed by atoms with van der Waals surface area (Å²) < 4.78 is 50.1. The Morgan fingerprint density at radius 2 is 1.95 bits per heavy atom. The van der Waals surface area contributed by atoms with Crippen LogP contribution in [0.1, 0.15) is 36.0 Å². The minimum Gasteiger partial charge on any atom is -0.467 e. The number of furan rings is 2. The van der Waals surface area contributed by atoms with E-state index in [0.717, 1.165) is 23.2 Å². The number of amides is 4. The lowest BCUT2D eigenvalue weighted by Gasteiger charge is -2.33. The van der Waals surface area contributed by atoms with E-state index in [1.165, 1.54) is 12.5 Å². The highest BCUT2D eigenvalue weighted by Gasteiger charge is 2.57. The number of sulfone groups is 1. The molecule has 39 heavy (non-hydrogen) atoms. The molecule has 2 atom stereocenters. The van der Waals surface area contributed by atoms with E-state index in [-0.39, 0.29) is 16.9 Å². The number of carbonyl (C=O) groups excluding carboxylic acids is 3. The first-order valence-corrected chi connectivity index (χ1v) is 13.6. The molecule has 4 amide bonds. The number of hydrogen-bond donors (Lipinski definition) is 1. The summed E-state index contributed by atoms with van der Waals surface area (Å²) in [6, 6.07) is 8.34. The van der Waals surface area contributed by atoms with Gasteiger partial charge in [0.15, 0.2) is 9.84 Å². The van der Waals surface area contributed by atoms with E-state index in [9.17, 15) is 27.2 Å². The molecule has 0 radical (unpaired) electrons. The van der Waals surface area contributed by atoms with Crippen LogP contribution in [-0.4, -0.2) is 54.2 Å². The standard InChI is InChI=1S/C26H21FN4O7S/c27-16-5-8-22-19(13-16)26(9-12-39(22,35)36)24(33)30(25(34)28-26)15-23(32)31-20(21-4-2-11-38-21)14-17(29-31)6-7-18-3-1-10-37-18/h1-8,10-11,13,20H,9,12,14-15H2,(H,28,34)/b7-6+/t20-,26+/m0/s1. The number of imide groups is 1. The third kappa shape index (κ3) is 4.14. The van der Waals surface area contributed by atoms with Crippen LogP contribution in [0.2, 0.25) is 0 Å². The van der Waals surface area contributed by atoms with E-state index in [2.05, 4.69) is 10.4 Å². The second-order valence-electron chi connectivity index (χ2n) is 9.35. The largest absolute Gasteiger partial charge is 0.467 e. The van der Waals surface area contributed by atoms with Gasteiger partial charge in [-0.25, -0.2) is 22.6 Å². The summed E-state index contributed by atoms with van der Waals surface area (Å²) in [6.07, 6.45) is 6.39. The Kier molecular flexibility index (Phi) is 5.75. The molecule has 11 nitrogen and oxygen atoms in total. The first kappa shape index (κ1) is 24.8. The van der Waals surface area contributed by atoms with Gasteiger partial charge < -0.3 is 14.2 Å². The van der Waals surface area contributed by atoms with E-state index in [1.54, 1.807) is 36.4 Å². The highest BCUT2D eigenvalue weighted by atomic mass is 32.2. The Morgan fingerprint density at radius 3 is 2.69 bits per heavy atom. The van der Waals surface area contributed by atoms with E-state index >= 15 is 0 Å². The average molecular weight is 553 g/mol. The van der Waals surface area contributed by atoms with E-state index in [1.807, 2.05) is 0 Å². The number of nitrogens with zero attached hydrogens (tertiary/aromatic N) is 3. The number of hydrogen-bond acceptors (Lipinski definition) is 8. The van der Waals surface area contributed by atoms with Crippen molar-refractivity contribution >= 4 is 39.5 Å². The monoisotopic (exact) mass is 552 g/mol. The molecule has 6 rings (SSSR count). The molecular formula is C26H21FN4O7S. The summed E-state index contributed by atoms with van der Waals surface area (Å²) in [5.41, 5.74) is -1.41. The van der Waals surface area contributed by atoms with Gasteiger partial charge >= 0.3 is 6.03 Å². The Balaban J connectivity index is 1.29. The third-order valence-corrected chi connectivity index (χ3v) is 8.76. The molecule has 13 heteroatoms. The number of nitrogens with one attached hydrogen (secondary N) is 1. The first-order valence-electron chi connectivity index (χ1n) is 12.0. The molecule has 1 spiro atoms. The maximum atomic E-state index is 14.2. The van der Waals surface area contributed by atoms with Crippen LogP contribution in [0.25, 0.3) is 6.08 Å². The maximum absolute atomic E-state index is 14.2. The van der Waals surface area contributed by atoms with Crippen LogP contribution in [0.15, 0.2) is 79.9 Å². The van der Waals surface area contributed by atoms with Gasteiger partial charge in [-0.1, -0.05) is 0 Å². The zero-order valence-corrected chi connectivity index (χ0v) is 21.1. The number of benzene rings is 1. The normalized spacial score (nSPS) is 23.9. The van der Waals surface area contributed by atoms with Crippen LogP contribution >= 0.6 is 0 Å². The average Bonchev–Trinajstić information content (AvgIpc) is 3.70. The molecule has 3 aromatic rings. The highest BCUT2D eigenvalue weighted by Crippen LogP contribution is 2.42. The number of fused-ring (bicyclic) bond motifs is 2. The SMILES string of the molecule is O=C1N[C@@]2(CCS(=O)(=O)c3ccc(F)cc32)C(=O)N1CC(=O)N1N=C(/C=C/c2ccco2)C[C@H]1c1ccco1. The molecule has 200 valence electrons. The summed E-state index contributed by atoms with van der Waals surface area (Å²) in [5, 5.41) is 8.09. The van der Waals surface area contributed by atoms with Crippen molar-refractivity contribution in [2.45, 2.75) is 29.3 Å². The molecule has 3 aliphatic rings. The van der Waals surface area contributed by atoms with Gasteiger partial charge in [0.05, 0.1) is 28.9 Å². The smallest absolute Gasteiger partial charge is 0.325 e. The molecule has 1 saturated heterocycles. The molecule has 1 fully saturated rings. The van der Waals surface area contributed by atoms with Crippen molar-refractivity contribution < 1.29 is 36.0 Å². The van der Waals surface area contributed by atoms with Crippen molar-refractivity contribution in [3.8, 4) is 0 Å². The Hall–Kier alpha value is -4.52. The molecule has 5 heterocycles. The third-order valence-electron chi connectivity index (χ3n) is 7.00. The van der Waals surface area contributed by atoms with E-state index in [4.69, 9.17) is 8.83 Å². The lowest BCUT2D eigenvalue weighted by atomic mass is 9.86. The molecule has 3 aliphatic heterocycles. The van der Waals surface area contributed by atoms with Crippen LogP contribution in [0.4, 0.5) is 9.18 Å². The quantitative estimate of drug-likeness (QED) is 0.379. The van der Waals surface area contributed by atoms with Gasteiger partial charge in [0, 0.05) is 12.0 Å². The Morgan fingerprint density at radius 1 is 1.15 bits per heavy atom. The molecule has 0 bridgehead atoms. The number of hydrazone groups is 1. The number of allylic oxidation sites excluding steroid dienone is 1. The lowest BCUT2D eigenvalue weighted by molar-refractivity contribution is -0.140. The molecule has 0 aliphatic carbocycles. The topological polar surface area (TPSA) is 142 Å². The molecule has 0 saturated carbocycles. The minimum absolute atomic E-state index is 0.153. The van der Waals surface area contributed by atoms with Crippen molar-refractivity contribution in [1.82, 2.24) is 15.2 Å². The van der Waals surface area contributed by atoms with Crippen LogP contribution in [0.5, 0.6) is 0 Å². The summed E-state index contributed by atoms with van der Waals surface area (Å²) in [5.74, 6) is -1.64. The predicted octanol–water partition coefficient (Wildman–Crippen LogP) is 2.98. The number of rotatable bonds is 5. The molecule has 2 aromatic heterocycles. The fourth-order valence-corrected chi connectivity index (χ4v) is 6.74. The van der Waals surface area contributed by atoms with Crippen molar-refractivity contribution in [3.63, 3.8) is 0 Å². The second-order valence-corrected chi connectivity index (χ2v) is 11.4. The number of carbonyl (C=O) groups is 3. The minimum atomic E-state index is -3.78. The maximum Gasteiger partial charge on any atom is 0.325 e. The molecule has 1 aromatic carbocycles. The van der Waals surface area contributed by atoms with Gasteiger partial charge in [-0.3, -0.25) is 14.5 Å². The van der Waals surface area contributed by atoms with Crippen molar-refractivity contribution in [3.05, 3.63) is 84.0 Å². The number of urea groups is 1. The van der Waals surface area contributed by atoms with Crippen molar-refractivity contribution in [1.29, 1.82) is 0 Å². The van der Waals surface area contributed by atoms with Crippen molar-refractivity contribution in [2.24, 2.45) is 5.10 Å². The highest BCUT2D eigenvalue weighted by molar-refractivity contribution is 7.91. The van der Waals surface area contributed by atoms with Gasteiger partial charge in [-0.15, -0.1) is 0 Å². The fraction of sp³-hybridized carbons (Fsp3) is 0.231. The second kappa shape index (κ2) is 9.05. The summed E-state index contributed by atoms with van der Waals surface area (Å²) in [6.45, 7) is -0.667. The first-order chi connectivity index (χ1) is 18.7. The van der Waals surface area contributed by atoms with Gasteiger partial charge in [0.25, 0.3) is 11.8 Å². The summed E-state index contributed by atoms with van der Waals surface area (Å²) in [7, 11) is -3.78. The van der Waals surface area contributed by atoms with Crippen LogP contribution < -0.4 is 5.32 Å². The van der Waals surface area contributed by atoms with E-state index in [0.29, 0.717) is 28.6 Å². The van der Waals surface area contributed by atoms with Gasteiger partial charge in [0.2, 0.25) is 0 Å². The number of halogens is 1. The van der Waals surface area contributed by atoms with Crippen LogP contribution in [0, 0.1) is 5.82 Å². The van der Waals surface area contributed by atoms with Gasteiger partial charge in [-0.2, -0.15) is 5.10 Å². The molecular weight excluding hydrogens is 531 g/mol. The van der Waals surface area contributed by atoms with Gasteiger partial charge in [-0.05, 0) is 61.0 Å². The Labute approximate surface area is 221 Å². The van der Waals surface area contributed by atoms with Crippen LogP contribution in [0.3, 0.4) is 0 Å².